The molecule has 2 aromatic rings. The number of hydrogen-bond donors (Lipinski definition) is 1. The van der Waals surface area contributed by atoms with Gasteiger partial charge in [0.05, 0.1) is 12.0 Å². The Labute approximate surface area is 138 Å². The maximum Gasteiger partial charge on any atom is 0.471 e. The van der Waals surface area contributed by atoms with Gasteiger partial charge in [-0.3, -0.25) is 4.79 Å². The van der Waals surface area contributed by atoms with Gasteiger partial charge in [-0.05, 0) is 12.1 Å². The lowest BCUT2D eigenvalue weighted by atomic mass is 10.1. The molecular formula is C14H12F3N3O5. The van der Waals surface area contributed by atoms with Gasteiger partial charge < -0.3 is 19.7 Å². The van der Waals surface area contributed by atoms with Gasteiger partial charge in [-0.15, -0.1) is 0 Å². The lowest BCUT2D eigenvalue weighted by Crippen LogP contribution is -2.15. The highest BCUT2D eigenvalue weighted by molar-refractivity contribution is 5.90. The Balaban J connectivity index is 2.04. The number of hydrogen-bond acceptors (Lipinski definition) is 8. The van der Waals surface area contributed by atoms with Gasteiger partial charge in [-0.2, -0.15) is 18.2 Å². The third-order valence-electron chi connectivity index (χ3n) is 2.78. The fourth-order valence-corrected chi connectivity index (χ4v) is 1.66. The Morgan fingerprint density at radius 3 is 2.64 bits per heavy atom. The minimum atomic E-state index is -4.77. The van der Waals surface area contributed by atoms with Crippen LogP contribution in [0.4, 0.5) is 13.2 Å². The van der Waals surface area contributed by atoms with Gasteiger partial charge in [0.25, 0.3) is 0 Å². The van der Waals surface area contributed by atoms with Gasteiger partial charge in [0.1, 0.15) is 0 Å². The van der Waals surface area contributed by atoms with Gasteiger partial charge in [0.2, 0.25) is 12.6 Å². The van der Waals surface area contributed by atoms with E-state index in [1.54, 1.807) is 0 Å². The summed E-state index contributed by atoms with van der Waals surface area (Å²) in [5, 5.41) is 3.22. The molecule has 8 nitrogen and oxygen atoms in total. The topological polar surface area (TPSA) is 118 Å². The van der Waals surface area contributed by atoms with E-state index in [4.69, 9.17) is 10.5 Å². The van der Waals surface area contributed by atoms with Crippen molar-refractivity contribution in [1.29, 1.82) is 0 Å². The number of nitrogens with zero attached hydrogens (tertiary/aromatic N) is 2. The van der Waals surface area contributed by atoms with Gasteiger partial charge in [0.15, 0.2) is 0 Å². The summed E-state index contributed by atoms with van der Waals surface area (Å²) < 4.78 is 50.9. The van der Waals surface area contributed by atoms with Crippen molar-refractivity contribution in [2.24, 2.45) is 5.73 Å². The van der Waals surface area contributed by atoms with Crippen LogP contribution in [0.3, 0.4) is 0 Å². The molecule has 2 N–H and O–H groups in total. The molecule has 0 bridgehead atoms. The van der Waals surface area contributed by atoms with Crippen LogP contribution in [0.5, 0.6) is 0 Å². The molecule has 0 atom stereocenters. The normalized spacial score (nSPS) is 11.2. The third-order valence-corrected chi connectivity index (χ3v) is 2.78. The number of carbonyl (C=O) groups is 2. The first-order chi connectivity index (χ1) is 11.8. The molecule has 0 saturated carbocycles. The van der Waals surface area contributed by atoms with Crippen LogP contribution >= 0.6 is 0 Å². The zero-order valence-electron chi connectivity index (χ0n) is 12.6. The first-order valence-corrected chi connectivity index (χ1v) is 6.85. The Bertz CT molecular complexity index is 760. The molecule has 0 radical (unpaired) electrons. The van der Waals surface area contributed by atoms with E-state index in [0.717, 1.165) is 0 Å². The van der Waals surface area contributed by atoms with E-state index < -0.39 is 30.8 Å². The Kier molecular flexibility index (Phi) is 5.70. The standard InChI is InChI=1S/C14H12F3N3O5/c15-14(16,17)13-19-11(20-25-13)8-2-1-3-9(6-8)12(22)24-7-23-10(21)4-5-18/h1-3,6H,4-5,7,18H2. The fraction of sp³-hybridized carbons (Fsp3) is 0.286. The lowest BCUT2D eigenvalue weighted by Gasteiger charge is -2.06. The maximum atomic E-state index is 12.5. The molecule has 0 aliphatic carbocycles. The van der Waals surface area contributed by atoms with E-state index in [2.05, 4.69) is 19.4 Å². The molecule has 134 valence electrons. The van der Waals surface area contributed by atoms with Crippen LogP contribution < -0.4 is 5.73 Å². The molecule has 2 rings (SSSR count). The summed E-state index contributed by atoms with van der Waals surface area (Å²) in [7, 11) is 0. The minimum Gasteiger partial charge on any atom is -0.428 e. The predicted molar refractivity (Wildman–Crippen MR) is 74.8 cm³/mol. The first kappa shape index (κ1) is 18.4. The van der Waals surface area contributed by atoms with E-state index in [1.807, 2.05) is 0 Å². The molecule has 1 heterocycles. The first-order valence-electron chi connectivity index (χ1n) is 6.85. The average Bonchev–Trinajstić information content (AvgIpc) is 3.05. The Hall–Kier alpha value is -2.95. The molecule has 0 fully saturated rings. The van der Waals surface area contributed by atoms with Gasteiger partial charge in [0, 0.05) is 12.1 Å². The van der Waals surface area contributed by atoms with Crippen LogP contribution in [-0.4, -0.2) is 35.4 Å². The molecule has 0 spiro atoms. The van der Waals surface area contributed by atoms with E-state index in [0.29, 0.717) is 0 Å². The molecule has 0 saturated heterocycles. The van der Waals surface area contributed by atoms with Crippen LogP contribution in [0.2, 0.25) is 0 Å². The van der Waals surface area contributed by atoms with Crippen molar-refractivity contribution in [3.05, 3.63) is 35.7 Å². The zero-order valence-corrected chi connectivity index (χ0v) is 12.6. The number of carbonyl (C=O) groups excluding carboxylic acids is 2. The number of benzene rings is 1. The maximum absolute atomic E-state index is 12.5. The fourth-order valence-electron chi connectivity index (χ4n) is 1.66. The van der Waals surface area contributed by atoms with Crippen LogP contribution in [0, 0.1) is 0 Å². The number of aromatic nitrogens is 2. The highest BCUT2D eigenvalue weighted by atomic mass is 19.4. The lowest BCUT2D eigenvalue weighted by molar-refractivity contribution is -0.159. The third kappa shape index (κ3) is 5.01. The highest BCUT2D eigenvalue weighted by Gasteiger charge is 2.38. The monoisotopic (exact) mass is 359 g/mol. The number of esters is 2. The van der Waals surface area contributed by atoms with Crippen LogP contribution in [-0.2, 0) is 20.4 Å². The summed E-state index contributed by atoms with van der Waals surface area (Å²) in [4.78, 5) is 26.1. The second-order valence-electron chi connectivity index (χ2n) is 4.61. The molecule has 0 aliphatic heterocycles. The molecule has 0 unspecified atom stereocenters. The van der Waals surface area contributed by atoms with Gasteiger partial charge in [-0.25, -0.2) is 4.79 Å². The number of rotatable bonds is 6. The van der Waals surface area contributed by atoms with Crippen molar-refractivity contribution in [3.8, 4) is 11.4 Å². The quantitative estimate of drug-likeness (QED) is 0.612. The van der Waals surface area contributed by atoms with Gasteiger partial charge >= 0.3 is 24.0 Å². The number of nitrogens with two attached hydrogens (primary N) is 1. The molecular weight excluding hydrogens is 347 g/mol. The molecule has 11 heteroatoms. The summed E-state index contributed by atoms with van der Waals surface area (Å²) >= 11 is 0. The van der Waals surface area contributed by atoms with Gasteiger partial charge in [-0.1, -0.05) is 17.3 Å². The van der Waals surface area contributed by atoms with Crippen LogP contribution in [0.25, 0.3) is 11.4 Å². The predicted octanol–water partition coefficient (Wildman–Crippen LogP) is 1.76. The zero-order chi connectivity index (χ0) is 18.4. The molecule has 0 aliphatic rings. The second kappa shape index (κ2) is 7.75. The highest BCUT2D eigenvalue weighted by Crippen LogP contribution is 2.29. The Morgan fingerprint density at radius 1 is 1.24 bits per heavy atom. The molecule has 25 heavy (non-hydrogen) atoms. The van der Waals surface area contributed by atoms with Crippen LogP contribution in [0.1, 0.15) is 22.7 Å². The number of ether oxygens (including phenoxy) is 2. The van der Waals surface area contributed by atoms with Crippen molar-refractivity contribution in [2.75, 3.05) is 13.3 Å². The summed E-state index contributed by atoms with van der Waals surface area (Å²) in [6.07, 6.45) is -4.79. The minimum absolute atomic E-state index is 0.00531. The average molecular weight is 359 g/mol. The number of alkyl halides is 3. The van der Waals surface area contributed by atoms with Crippen molar-refractivity contribution in [1.82, 2.24) is 10.1 Å². The SMILES string of the molecule is NCCC(=O)OCOC(=O)c1cccc(-c2noc(C(F)(F)F)n2)c1. The summed E-state index contributed by atoms with van der Waals surface area (Å²) in [6, 6.07) is 5.37. The van der Waals surface area contributed by atoms with Crippen molar-refractivity contribution in [3.63, 3.8) is 0 Å². The van der Waals surface area contributed by atoms with E-state index >= 15 is 0 Å². The van der Waals surface area contributed by atoms with Crippen LogP contribution in [0.15, 0.2) is 28.8 Å². The van der Waals surface area contributed by atoms with Crippen molar-refractivity contribution in [2.45, 2.75) is 12.6 Å². The molecule has 1 aromatic carbocycles. The summed E-state index contributed by atoms with van der Waals surface area (Å²) in [6.45, 7) is -0.512. The molecule has 0 amide bonds. The summed E-state index contributed by atoms with van der Waals surface area (Å²) in [5.74, 6) is -3.31. The van der Waals surface area contributed by atoms with E-state index in [-0.39, 0.29) is 29.9 Å². The van der Waals surface area contributed by atoms with E-state index in [9.17, 15) is 22.8 Å². The smallest absolute Gasteiger partial charge is 0.428 e. The summed E-state index contributed by atoms with van der Waals surface area (Å²) in [5.41, 5.74) is 5.28. The van der Waals surface area contributed by atoms with E-state index in [1.165, 1.54) is 24.3 Å². The number of halogens is 3. The van der Waals surface area contributed by atoms with Crippen molar-refractivity contribution >= 4 is 11.9 Å². The molecule has 1 aromatic heterocycles. The van der Waals surface area contributed by atoms with Crippen molar-refractivity contribution < 1.29 is 36.8 Å². The second-order valence-corrected chi connectivity index (χ2v) is 4.61. The Morgan fingerprint density at radius 2 is 2.00 bits per heavy atom. The largest absolute Gasteiger partial charge is 0.471 e.